The molecule has 26 heavy (non-hydrogen) atoms. The Hall–Kier alpha value is -2.27. The Morgan fingerprint density at radius 1 is 1.08 bits per heavy atom. The maximum absolute atomic E-state index is 12.9. The van der Waals surface area contributed by atoms with Crippen molar-refractivity contribution in [1.82, 2.24) is 4.90 Å². The molecule has 2 heterocycles. The SMILES string of the molecule is O=C(CN1C(=O)CSc2ccccc21)N1CCCC(c2ccccc2)C1. The van der Waals surface area contributed by atoms with Gasteiger partial charge in [-0.05, 0) is 30.5 Å². The van der Waals surface area contributed by atoms with E-state index in [0.717, 1.165) is 36.5 Å². The molecular formula is C21H22N2O2S. The van der Waals surface area contributed by atoms with Gasteiger partial charge in [-0.2, -0.15) is 0 Å². The van der Waals surface area contributed by atoms with Gasteiger partial charge in [-0.1, -0.05) is 42.5 Å². The summed E-state index contributed by atoms with van der Waals surface area (Å²) in [6.07, 6.45) is 2.11. The average molecular weight is 366 g/mol. The molecule has 0 N–H and O–H groups in total. The molecule has 4 nitrogen and oxygen atoms in total. The summed E-state index contributed by atoms with van der Waals surface area (Å²) in [5.41, 5.74) is 2.15. The number of fused-ring (bicyclic) bond motifs is 1. The first-order valence-corrected chi connectivity index (χ1v) is 10.1. The molecule has 5 heteroatoms. The minimum absolute atomic E-state index is 0.0127. The summed E-state index contributed by atoms with van der Waals surface area (Å²) in [6, 6.07) is 18.2. The molecular weight excluding hydrogens is 344 g/mol. The van der Waals surface area contributed by atoms with Gasteiger partial charge >= 0.3 is 0 Å². The van der Waals surface area contributed by atoms with Crippen molar-refractivity contribution in [1.29, 1.82) is 0 Å². The Balaban J connectivity index is 1.47. The zero-order valence-electron chi connectivity index (χ0n) is 14.6. The first kappa shape index (κ1) is 17.2. The van der Waals surface area contributed by atoms with Gasteiger partial charge in [-0.3, -0.25) is 9.59 Å². The van der Waals surface area contributed by atoms with Crippen molar-refractivity contribution < 1.29 is 9.59 Å². The number of para-hydroxylation sites is 1. The van der Waals surface area contributed by atoms with Crippen molar-refractivity contribution >= 4 is 29.3 Å². The summed E-state index contributed by atoms with van der Waals surface area (Å²) in [6.45, 7) is 1.65. The molecule has 0 bridgehead atoms. The van der Waals surface area contributed by atoms with Crippen molar-refractivity contribution in [2.45, 2.75) is 23.7 Å². The van der Waals surface area contributed by atoms with Crippen LogP contribution in [0.4, 0.5) is 5.69 Å². The van der Waals surface area contributed by atoms with Gasteiger partial charge in [0.25, 0.3) is 0 Å². The smallest absolute Gasteiger partial charge is 0.242 e. The maximum Gasteiger partial charge on any atom is 0.242 e. The fourth-order valence-electron chi connectivity index (χ4n) is 3.76. The molecule has 1 fully saturated rings. The number of likely N-dealkylation sites (tertiary alicyclic amines) is 1. The van der Waals surface area contributed by atoms with Gasteiger partial charge in [0, 0.05) is 23.9 Å². The molecule has 0 radical (unpaired) electrons. The number of anilines is 1. The molecule has 1 saturated heterocycles. The van der Waals surface area contributed by atoms with Crippen molar-refractivity contribution in [2.24, 2.45) is 0 Å². The van der Waals surface area contributed by atoms with Crippen molar-refractivity contribution in [3.8, 4) is 0 Å². The number of benzene rings is 2. The minimum Gasteiger partial charge on any atom is -0.341 e. The largest absolute Gasteiger partial charge is 0.341 e. The number of thioether (sulfide) groups is 1. The Morgan fingerprint density at radius 3 is 2.69 bits per heavy atom. The van der Waals surface area contributed by atoms with Gasteiger partial charge in [0.1, 0.15) is 6.54 Å². The predicted octanol–water partition coefficient (Wildman–Crippen LogP) is 3.53. The van der Waals surface area contributed by atoms with E-state index in [2.05, 4.69) is 24.3 Å². The summed E-state index contributed by atoms with van der Waals surface area (Å²) in [7, 11) is 0. The third kappa shape index (κ3) is 3.49. The van der Waals surface area contributed by atoms with E-state index in [1.165, 1.54) is 5.56 Å². The molecule has 0 spiro atoms. The highest BCUT2D eigenvalue weighted by atomic mass is 32.2. The summed E-state index contributed by atoms with van der Waals surface area (Å²) in [4.78, 5) is 30.0. The lowest BCUT2D eigenvalue weighted by atomic mass is 9.90. The number of amides is 2. The number of hydrogen-bond acceptors (Lipinski definition) is 3. The molecule has 2 aromatic carbocycles. The summed E-state index contributed by atoms with van der Waals surface area (Å²) in [5.74, 6) is 0.838. The van der Waals surface area contributed by atoms with E-state index in [9.17, 15) is 9.59 Å². The predicted molar refractivity (Wildman–Crippen MR) is 105 cm³/mol. The van der Waals surface area contributed by atoms with Crippen LogP contribution >= 0.6 is 11.8 Å². The zero-order valence-corrected chi connectivity index (χ0v) is 15.5. The highest BCUT2D eigenvalue weighted by Gasteiger charge is 2.30. The number of nitrogens with zero attached hydrogens (tertiary/aromatic N) is 2. The second-order valence-corrected chi connectivity index (χ2v) is 7.84. The molecule has 134 valence electrons. The Labute approximate surface area is 158 Å². The molecule has 0 saturated carbocycles. The lowest BCUT2D eigenvalue weighted by Crippen LogP contribution is -2.47. The topological polar surface area (TPSA) is 40.6 Å². The lowest BCUT2D eigenvalue weighted by Gasteiger charge is -2.35. The van der Waals surface area contributed by atoms with Crippen LogP contribution in [0.5, 0.6) is 0 Å². The first-order valence-electron chi connectivity index (χ1n) is 9.07. The first-order chi connectivity index (χ1) is 12.7. The van der Waals surface area contributed by atoms with Crippen LogP contribution in [0.25, 0.3) is 0 Å². The maximum atomic E-state index is 12.9. The van der Waals surface area contributed by atoms with Gasteiger partial charge < -0.3 is 9.80 Å². The lowest BCUT2D eigenvalue weighted by molar-refractivity contribution is -0.132. The van der Waals surface area contributed by atoms with Gasteiger partial charge in [-0.25, -0.2) is 0 Å². The summed E-state index contributed by atoms with van der Waals surface area (Å²) < 4.78 is 0. The van der Waals surface area contributed by atoms with E-state index >= 15 is 0 Å². The van der Waals surface area contributed by atoms with E-state index < -0.39 is 0 Å². The zero-order chi connectivity index (χ0) is 17.9. The number of carbonyl (C=O) groups is 2. The number of rotatable bonds is 3. The number of carbonyl (C=O) groups excluding carboxylic acids is 2. The van der Waals surface area contributed by atoms with E-state index in [0.29, 0.717) is 11.7 Å². The third-order valence-corrected chi connectivity index (χ3v) is 6.19. The number of hydrogen-bond donors (Lipinski definition) is 0. The van der Waals surface area contributed by atoms with Crippen LogP contribution in [0.3, 0.4) is 0 Å². The van der Waals surface area contributed by atoms with Crippen LogP contribution in [-0.4, -0.2) is 42.1 Å². The van der Waals surface area contributed by atoms with E-state index in [1.807, 2.05) is 35.2 Å². The number of piperidine rings is 1. The van der Waals surface area contributed by atoms with Gasteiger partial charge in [0.2, 0.25) is 11.8 Å². The van der Waals surface area contributed by atoms with Crippen LogP contribution in [0.15, 0.2) is 59.5 Å². The fourth-order valence-corrected chi connectivity index (χ4v) is 4.70. The molecule has 4 rings (SSSR count). The van der Waals surface area contributed by atoms with Gasteiger partial charge in [-0.15, -0.1) is 11.8 Å². The van der Waals surface area contributed by atoms with E-state index in [-0.39, 0.29) is 18.4 Å². The molecule has 2 aliphatic heterocycles. The van der Waals surface area contributed by atoms with Crippen molar-refractivity contribution in [3.05, 3.63) is 60.2 Å². The molecule has 0 aromatic heterocycles. The van der Waals surface area contributed by atoms with Gasteiger partial charge in [0.15, 0.2) is 0 Å². The van der Waals surface area contributed by atoms with Crippen LogP contribution < -0.4 is 4.90 Å². The fraction of sp³-hybridized carbons (Fsp3) is 0.333. The molecule has 2 aromatic rings. The van der Waals surface area contributed by atoms with Crippen LogP contribution in [0.2, 0.25) is 0 Å². The molecule has 2 amide bonds. The molecule has 0 aliphatic carbocycles. The normalized spacial score (nSPS) is 20.0. The Kier molecular flexibility index (Phi) is 4.98. The molecule has 1 unspecified atom stereocenters. The van der Waals surface area contributed by atoms with Crippen molar-refractivity contribution in [3.63, 3.8) is 0 Å². The molecule has 2 aliphatic rings. The quantitative estimate of drug-likeness (QED) is 0.834. The van der Waals surface area contributed by atoms with Crippen LogP contribution in [0, 0.1) is 0 Å². The minimum atomic E-state index is 0.0127. The van der Waals surface area contributed by atoms with E-state index in [4.69, 9.17) is 0 Å². The molecule has 1 atom stereocenters. The summed E-state index contributed by atoms with van der Waals surface area (Å²) in [5, 5.41) is 0. The summed E-state index contributed by atoms with van der Waals surface area (Å²) >= 11 is 1.54. The van der Waals surface area contributed by atoms with Crippen LogP contribution in [0.1, 0.15) is 24.3 Å². The Morgan fingerprint density at radius 2 is 1.85 bits per heavy atom. The standard InChI is InChI=1S/C21H22N2O2S/c24-20(14-23-18-10-4-5-11-19(18)26-15-21(23)25)22-12-6-9-17(13-22)16-7-2-1-3-8-16/h1-5,7-8,10-11,17H,6,9,12-15H2. The average Bonchev–Trinajstić information content (AvgIpc) is 2.71. The van der Waals surface area contributed by atoms with Gasteiger partial charge in [0.05, 0.1) is 11.4 Å². The van der Waals surface area contributed by atoms with Crippen LogP contribution in [-0.2, 0) is 9.59 Å². The monoisotopic (exact) mass is 366 g/mol. The highest BCUT2D eigenvalue weighted by Crippen LogP contribution is 2.35. The highest BCUT2D eigenvalue weighted by molar-refractivity contribution is 8.00. The Bertz CT molecular complexity index is 809. The second-order valence-electron chi connectivity index (χ2n) is 6.83. The second kappa shape index (κ2) is 7.54. The van der Waals surface area contributed by atoms with Crippen molar-refractivity contribution in [2.75, 3.05) is 30.3 Å². The van der Waals surface area contributed by atoms with E-state index in [1.54, 1.807) is 16.7 Å². The third-order valence-electron chi connectivity index (χ3n) is 5.15.